The van der Waals surface area contributed by atoms with E-state index < -0.39 is 0 Å². The fraction of sp³-hybridized carbons (Fsp3) is 0.667. The van der Waals surface area contributed by atoms with E-state index in [-0.39, 0.29) is 5.43 Å². The molecule has 4 heteroatoms. The molecule has 1 saturated heterocycles. The van der Waals surface area contributed by atoms with Gasteiger partial charge in [-0.15, -0.1) is 0 Å². The fourth-order valence-electron chi connectivity index (χ4n) is 3.35. The largest absolute Gasteiger partial charge is 0.356 e. The van der Waals surface area contributed by atoms with Crippen LogP contribution < -0.4 is 10.3 Å². The summed E-state index contributed by atoms with van der Waals surface area (Å²) < 4.78 is 0. The minimum absolute atomic E-state index is 0.0853. The van der Waals surface area contributed by atoms with Gasteiger partial charge in [0.05, 0.1) is 0 Å². The molecule has 2 fully saturated rings. The second kappa shape index (κ2) is 5.78. The number of piperazine rings is 1. The lowest BCUT2D eigenvalue weighted by Gasteiger charge is -2.36. The molecular formula is C15H23N3O. The number of rotatable bonds is 3. The number of nitrogens with one attached hydrogen (secondary N) is 1. The summed E-state index contributed by atoms with van der Waals surface area (Å²) in [5, 5.41) is 0. The Morgan fingerprint density at radius 3 is 2.58 bits per heavy atom. The Morgan fingerprint density at radius 1 is 1.16 bits per heavy atom. The first-order chi connectivity index (χ1) is 9.31. The number of aromatic amines is 1. The number of nitrogens with zero attached hydrogens (tertiary/aromatic N) is 2. The van der Waals surface area contributed by atoms with Gasteiger partial charge in [0.15, 0.2) is 5.43 Å². The Kier molecular flexibility index (Phi) is 3.87. The van der Waals surface area contributed by atoms with Gasteiger partial charge in [0.2, 0.25) is 0 Å². The van der Waals surface area contributed by atoms with Crippen LogP contribution in [0.2, 0.25) is 0 Å². The van der Waals surface area contributed by atoms with Crippen molar-refractivity contribution < 1.29 is 0 Å². The summed E-state index contributed by atoms with van der Waals surface area (Å²) in [4.78, 5) is 19.4. The summed E-state index contributed by atoms with van der Waals surface area (Å²) in [6.45, 7) is 5.55. The molecule has 1 N–H and O–H groups in total. The molecule has 0 unspecified atom stereocenters. The van der Waals surface area contributed by atoms with Crippen LogP contribution in [0.4, 0.5) is 5.82 Å². The first kappa shape index (κ1) is 12.7. The number of hydrogen-bond acceptors (Lipinski definition) is 3. The van der Waals surface area contributed by atoms with Gasteiger partial charge >= 0.3 is 0 Å². The Balaban J connectivity index is 1.52. The third-order valence-corrected chi connectivity index (χ3v) is 4.46. The zero-order valence-corrected chi connectivity index (χ0v) is 11.5. The van der Waals surface area contributed by atoms with E-state index in [2.05, 4.69) is 14.8 Å². The average molecular weight is 261 g/mol. The summed E-state index contributed by atoms with van der Waals surface area (Å²) in [6.07, 6.45) is 7.44. The Labute approximate surface area is 114 Å². The molecule has 4 nitrogen and oxygen atoms in total. The molecule has 0 radical (unpaired) electrons. The van der Waals surface area contributed by atoms with Crippen LogP contribution >= 0.6 is 0 Å². The SMILES string of the molecule is O=c1cc[nH]c(N2CCN(CC3CCCC3)CC2)c1. The summed E-state index contributed by atoms with van der Waals surface area (Å²) in [5.74, 6) is 1.90. The van der Waals surface area contributed by atoms with Crippen molar-refractivity contribution in [2.45, 2.75) is 25.7 Å². The smallest absolute Gasteiger partial charge is 0.183 e. The zero-order chi connectivity index (χ0) is 13.1. The van der Waals surface area contributed by atoms with Crippen molar-refractivity contribution in [3.63, 3.8) is 0 Å². The summed E-state index contributed by atoms with van der Waals surface area (Å²) >= 11 is 0. The third-order valence-electron chi connectivity index (χ3n) is 4.46. The van der Waals surface area contributed by atoms with E-state index in [1.807, 2.05) is 0 Å². The van der Waals surface area contributed by atoms with Gasteiger partial charge in [-0.3, -0.25) is 9.69 Å². The lowest BCUT2D eigenvalue weighted by molar-refractivity contribution is 0.219. The van der Waals surface area contributed by atoms with E-state index in [1.165, 1.54) is 32.2 Å². The lowest BCUT2D eigenvalue weighted by atomic mass is 10.1. The standard InChI is InChI=1S/C15H23N3O/c19-14-5-6-16-15(11-14)18-9-7-17(8-10-18)12-13-3-1-2-4-13/h5-6,11,13H,1-4,7-10,12H2,(H,16,19). The molecule has 19 heavy (non-hydrogen) atoms. The van der Waals surface area contributed by atoms with Gasteiger partial charge in [0, 0.05) is 51.1 Å². The van der Waals surface area contributed by atoms with Crippen LogP contribution in [0.5, 0.6) is 0 Å². The van der Waals surface area contributed by atoms with E-state index in [4.69, 9.17) is 0 Å². The minimum Gasteiger partial charge on any atom is -0.356 e. The topological polar surface area (TPSA) is 39.3 Å². The van der Waals surface area contributed by atoms with Crippen LogP contribution in [0.1, 0.15) is 25.7 Å². The van der Waals surface area contributed by atoms with Gasteiger partial charge in [-0.1, -0.05) is 12.8 Å². The molecule has 1 aromatic rings. The quantitative estimate of drug-likeness (QED) is 0.900. The molecule has 0 amide bonds. The monoisotopic (exact) mass is 261 g/mol. The second-order valence-electron chi connectivity index (χ2n) is 5.85. The van der Waals surface area contributed by atoms with E-state index >= 15 is 0 Å². The predicted octanol–water partition coefficient (Wildman–Crippen LogP) is 1.69. The second-order valence-corrected chi connectivity index (χ2v) is 5.85. The molecule has 1 aromatic heterocycles. The van der Waals surface area contributed by atoms with Crippen molar-refractivity contribution in [3.8, 4) is 0 Å². The third kappa shape index (κ3) is 3.18. The fourth-order valence-corrected chi connectivity index (χ4v) is 3.35. The van der Waals surface area contributed by atoms with Crippen molar-refractivity contribution in [2.75, 3.05) is 37.6 Å². The van der Waals surface area contributed by atoms with Crippen molar-refractivity contribution in [3.05, 3.63) is 28.6 Å². The molecule has 1 aliphatic carbocycles. The first-order valence-corrected chi connectivity index (χ1v) is 7.47. The summed E-state index contributed by atoms with van der Waals surface area (Å²) in [6, 6.07) is 3.27. The molecule has 3 rings (SSSR count). The van der Waals surface area contributed by atoms with Crippen LogP contribution in [0.25, 0.3) is 0 Å². The van der Waals surface area contributed by atoms with Gasteiger partial charge in [0.25, 0.3) is 0 Å². The molecule has 0 spiro atoms. The van der Waals surface area contributed by atoms with Crippen LogP contribution in [0.15, 0.2) is 23.1 Å². The lowest BCUT2D eigenvalue weighted by Crippen LogP contribution is -2.48. The highest BCUT2D eigenvalue weighted by Gasteiger charge is 2.22. The number of H-pyrrole nitrogens is 1. The van der Waals surface area contributed by atoms with Crippen LogP contribution in [-0.4, -0.2) is 42.6 Å². The van der Waals surface area contributed by atoms with Crippen molar-refractivity contribution in [1.29, 1.82) is 0 Å². The van der Waals surface area contributed by atoms with Gasteiger partial charge in [-0.05, 0) is 18.8 Å². The molecular weight excluding hydrogens is 238 g/mol. The molecule has 104 valence electrons. The molecule has 2 heterocycles. The Hall–Kier alpha value is -1.29. The molecule has 1 aliphatic heterocycles. The maximum atomic E-state index is 11.4. The number of anilines is 1. The highest BCUT2D eigenvalue weighted by molar-refractivity contribution is 5.38. The van der Waals surface area contributed by atoms with E-state index in [1.54, 1.807) is 18.3 Å². The van der Waals surface area contributed by atoms with Gasteiger partial charge in [-0.25, -0.2) is 0 Å². The number of hydrogen-bond donors (Lipinski definition) is 1. The van der Waals surface area contributed by atoms with Gasteiger partial charge in [0.1, 0.15) is 5.82 Å². The summed E-state index contributed by atoms with van der Waals surface area (Å²) in [5.41, 5.74) is 0.0853. The maximum absolute atomic E-state index is 11.4. The van der Waals surface area contributed by atoms with Crippen molar-refractivity contribution >= 4 is 5.82 Å². The highest BCUT2D eigenvalue weighted by atomic mass is 16.1. The molecule has 1 saturated carbocycles. The number of pyridine rings is 1. The predicted molar refractivity (Wildman–Crippen MR) is 77.7 cm³/mol. The molecule has 0 aromatic carbocycles. The molecule has 2 aliphatic rings. The normalized spacial score (nSPS) is 22.0. The maximum Gasteiger partial charge on any atom is 0.183 e. The van der Waals surface area contributed by atoms with Crippen LogP contribution in [0, 0.1) is 5.92 Å². The Bertz CT molecular complexity index is 456. The van der Waals surface area contributed by atoms with E-state index in [0.717, 1.165) is 37.9 Å². The Morgan fingerprint density at radius 2 is 1.89 bits per heavy atom. The van der Waals surface area contributed by atoms with Crippen molar-refractivity contribution in [2.24, 2.45) is 5.92 Å². The van der Waals surface area contributed by atoms with Crippen LogP contribution in [-0.2, 0) is 0 Å². The van der Waals surface area contributed by atoms with Crippen molar-refractivity contribution in [1.82, 2.24) is 9.88 Å². The molecule has 0 bridgehead atoms. The zero-order valence-electron chi connectivity index (χ0n) is 11.5. The average Bonchev–Trinajstić information content (AvgIpc) is 2.92. The van der Waals surface area contributed by atoms with Gasteiger partial charge in [-0.2, -0.15) is 0 Å². The molecule has 0 atom stereocenters. The van der Waals surface area contributed by atoms with Crippen LogP contribution in [0.3, 0.4) is 0 Å². The summed E-state index contributed by atoms with van der Waals surface area (Å²) in [7, 11) is 0. The highest BCUT2D eigenvalue weighted by Crippen LogP contribution is 2.26. The number of aromatic nitrogens is 1. The van der Waals surface area contributed by atoms with Gasteiger partial charge < -0.3 is 9.88 Å². The van der Waals surface area contributed by atoms with E-state index in [9.17, 15) is 4.79 Å². The minimum atomic E-state index is 0.0853. The first-order valence-electron chi connectivity index (χ1n) is 7.47. The van der Waals surface area contributed by atoms with E-state index in [0.29, 0.717) is 0 Å².